The van der Waals surface area contributed by atoms with E-state index in [1.165, 1.54) is 0 Å². The summed E-state index contributed by atoms with van der Waals surface area (Å²) in [7, 11) is 1.86. The van der Waals surface area contributed by atoms with Gasteiger partial charge in [-0.2, -0.15) is 5.10 Å². The van der Waals surface area contributed by atoms with Crippen molar-refractivity contribution in [2.45, 2.75) is 53.4 Å². The summed E-state index contributed by atoms with van der Waals surface area (Å²) in [5.41, 5.74) is 9.80. The van der Waals surface area contributed by atoms with Crippen molar-refractivity contribution in [2.75, 3.05) is 10.7 Å². The molecule has 0 aromatic carbocycles. The molecule has 0 fully saturated rings. The summed E-state index contributed by atoms with van der Waals surface area (Å²) in [6.07, 6.45) is 1.80. The lowest BCUT2D eigenvalue weighted by molar-refractivity contribution is 0.254. The van der Waals surface area contributed by atoms with Gasteiger partial charge in [0.2, 0.25) is 0 Å². The second-order valence-electron chi connectivity index (χ2n) is 8.47. The summed E-state index contributed by atoms with van der Waals surface area (Å²) in [6, 6.07) is 4.98. The molecule has 0 radical (unpaired) electrons. The highest BCUT2D eigenvalue weighted by atomic mass is 35.5. The summed E-state index contributed by atoms with van der Waals surface area (Å²) < 4.78 is 1.75. The number of nitrogens with one attached hydrogen (secondary N) is 3. The van der Waals surface area contributed by atoms with Crippen molar-refractivity contribution in [2.24, 2.45) is 13.0 Å². The highest BCUT2D eigenvalue weighted by Crippen LogP contribution is 2.29. The highest BCUT2D eigenvalue weighted by Gasteiger charge is 2.16. The van der Waals surface area contributed by atoms with Gasteiger partial charge in [-0.25, -0.2) is 14.8 Å². The molecule has 3 rings (SSSR count). The monoisotopic (exact) mass is 443 g/mol. The molecule has 0 unspecified atom stereocenters. The first kappa shape index (κ1) is 22.8. The molecule has 3 heterocycles. The van der Waals surface area contributed by atoms with E-state index in [0.29, 0.717) is 22.6 Å². The van der Waals surface area contributed by atoms with Gasteiger partial charge < -0.3 is 5.32 Å². The van der Waals surface area contributed by atoms with Crippen molar-refractivity contribution in [1.29, 1.82) is 0 Å². The van der Waals surface area contributed by atoms with Crippen molar-refractivity contribution in [3.63, 3.8) is 0 Å². The molecule has 0 aliphatic heterocycles. The van der Waals surface area contributed by atoms with Gasteiger partial charge in [0.25, 0.3) is 0 Å². The number of anilines is 2. The maximum atomic E-state index is 12.4. The number of hydrogen-bond acceptors (Lipinski definition) is 5. The Morgan fingerprint density at radius 3 is 2.58 bits per heavy atom. The predicted octanol–water partition coefficient (Wildman–Crippen LogP) is 5.19. The van der Waals surface area contributed by atoms with E-state index in [-0.39, 0.29) is 5.92 Å². The van der Waals surface area contributed by atoms with Gasteiger partial charge in [-0.3, -0.25) is 15.5 Å². The van der Waals surface area contributed by atoms with E-state index in [2.05, 4.69) is 58.9 Å². The van der Waals surface area contributed by atoms with Crippen molar-refractivity contribution in [1.82, 2.24) is 25.2 Å². The summed E-state index contributed by atoms with van der Waals surface area (Å²) in [4.78, 5) is 21.4. The first-order chi connectivity index (χ1) is 14.6. The van der Waals surface area contributed by atoms with Crippen LogP contribution < -0.4 is 16.2 Å². The number of aromatic nitrogens is 4. The van der Waals surface area contributed by atoms with Gasteiger partial charge in [0.05, 0.1) is 5.69 Å². The highest BCUT2D eigenvalue weighted by molar-refractivity contribution is 6.29. The summed E-state index contributed by atoms with van der Waals surface area (Å²) in [5, 5.41) is 8.67. The third-order valence-corrected chi connectivity index (χ3v) is 5.20. The lowest BCUT2D eigenvalue weighted by atomic mass is 10.00. The molecule has 0 bridgehead atoms. The number of carbonyl (C=O) groups excluding carboxylic acids is 1. The van der Waals surface area contributed by atoms with Crippen LogP contribution in [0, 0.1) is 12.8 Å². The Labute approximate surface area is 187 Å². The Hall–Kier alpha value is -2.87. The predicted molar refractivity (Wildman–Crippen MR) is 126 cm³/mol. The SMILES string of the molecule is Cc1nn(C)c2nc(NNC(=O)Nc3cc(Cl)nc(CCC(C)C)c3)cc(C(C)C)c12. The van der Waals surface area contributed by atoms with Crippen LogP contribution in [0.25, 0.3) is 11.0 Å². The maximum absolute atomic E-state index is 12.4. The number of amides is 2. The molecule has 2 amide bonds. The molecule has 0 aliphatic rings. The quantitative estimate of drug-likeness (QED) is 0.345. The molecule has 8 nitrogen and oxygen atoms in total. The van der Waals surface area contributed by atoms with E-state index in [9.17, 15) is 4.79 Å². The number of hydrazine groups is 1. The minimum absolute atomic E-state index is 0.283. The standard InChI is InChI=1S/C22H30ClN7O/c1-12(2)7-8-15-9-16(10-18(23)24-15)25-22(31)28-27-19-11-17(13(3)4)20-14(5)29-30(6)21(20)26-19/h9-13H,7-8H2,1-6H3,(H,26,27)(H2,24,25,28,31). The van der Waals surface area contributed by atoms with Crippen molar-refractivity contribution in [3.8, 4) is 0 Å². The Morgan fingerprint density at radius 2 is 1.90 bits per heavy atom. The van der Waals surface area contributed by atoms with Crippen LogP contribution in [0.5, 0.6) is 0 Å². The van der Waals surface area contributed by atoms with E-state index in [4.69, 9.17) is 11.6 Å². The maximum Gasteiger partial charge on any atom is 0.337 e. The lowest BCUT2D eigenvalue weighted by Gasteiger charge is -2.14. The number of rotatable bonds is 7. The Balaban J connectivity index is 1.71. The topological polar surface area (TPSA) is 96.8 Å². The van der Waals surface area contributed by atoms with E-state index in [1.807, 2.05) is 26.1 Å². The Kier molecular flexibility index (Phi) is 7.00. The number of urea groups is 1. The molecular weight excluding hydrogens is 414 g/mol. The van der Waals surface area contributed by atoms with Crippen LogP contribution >= 0.6 is 11.6 Å². The van der Waals surface area contributed by atoms with Gasteiger partial charge in [-0.1, -0.05) is 39.3 Å². The van der Waals surface area contributed by atoms with Crippen molar-refractivity contribution < 1.29 is 4.79 Å². The average Bonchev–Trinajstić information content (AvgIpc) is 2.97. The van der Waals surface area contributed by atoms with Crippen molar-refractivity contribution in [3.05, 3.63) is 40.3 Å². The fraction of sp³-hybridized carbons (Fsp3) is 0.455. The molecule has 9 heteroatoms. The summed E-state index contributed by atoms with van der Waals surface area (Å²) >= 11 is 6.12. The Morgan fingerprint density at radius 1 is 1.16 bits per heavy atom. The number of pyridine rings is 2. The van der Waals surface area contributed by atoms with Gasteiger partial charge in [0.15, 0.2) is 5.65 Å². The Bertz CT molecular complexity index is 1090. The third-order valence-electron chi connectivity index (χ3n) is 5.01. The van der Waals surface area contributed by atoms with Crippen LogP contribution in [-0.4, -0.2) is 25.8 Å². The molecule has 0 saturated carbocycles. The average molecular weight is 444 g/mol. The van der Waals surface area contributed by atoms with Gasteiger partial charge in [0.1, 0.15) is 11.0 Å². The second-order valence-corrected chi connectivity index (χ2v) is 8.85. The van der Waals surface area contributed by atoms with Gasteiger partial charge in [0, 0.05) is 23.8 Å². The minimum atomic E-state index is -0.425. The molecule has 0 aliphatic carbocycles. The normalized spacial score (nSPS) is 11.4. The molecular formula is C22H30ClN7O. The third kappa shape index (κ3) is 5.64. The van der Waals surface area contributed by atoms with E-state index >= 15 is 0 Å². The number of fused-ring (bicyclic) bond motifs is 1. The summed E-state index contributed by atoms with van der Waals surface area (Å²) in [5.74, 6) is 1.39. The van der Waals surface area contributed by atoms with Gasteiger partial charge in [-0.15, -0.1) is 0 Å². The molecule has 0 atom stereocenters. The van der Waals surface area contributed by atoms with Crippen LogP contribution in [0.2, 0.25) is 5.15 Å². The van der Waals surface area contributed by atoms with E-state index < -0.39 is 6.03 Å². The summed E-state index contributed by atoms with van der Waals surface area (Å²) in [6.45, 7) is 10.5. The van der Waals surface area contributed by atoms with Crippen molar-refractivity contribution >= 4 is 40.2 Å². The largest absolute Gasteiger partial charge is 0.337 e. The first-order valence-corrected chi connectivity index (χ1v) is 10.9. The van der Waals surface area contributed by atoms with E-state index in [0.717, 1.165) is 40.8 Å². The fourth-order valence-corrected chi connectivity index (χ4v) is 3.69. The second kappa shape index (κ2) is 9.51. The number of halogens is 1. The zero-order valence-corrected chi connectivity index (χ0v) is 19.6. The smallest absolute Gasteiger partial charge is 0.306 e. The molecule has 31 heavy (non-hydrogen) atoms. The molecule has 3 N–H and O–H groups in total. The van der Waals surface area contributed by atoms with Crippen LogP contribution in [0.3, 0.4) is 0 Å². The van der Waals surface area contributed by atoms with Gasteiger partial charge in [-0.05, 0) is 55.4 Å². The lowest BCUT2D eigenvalue weighted by Crippen LogP contribution is -2.34. The zero-order valence-electron chi connectivity index (χ0n) is 18.9. The fourth-order valence-electron chi connectivity index (χ4n) is 3.47. The number of hydrogen-bond donors (Lipinski definition) is 3. The number of carbonyl (C=O) groups is 1. The number of nitrogens with zero attached hydrogens (tertiary/aromatic N) is 4. The number of aryl methyl sites for hydroxylation is 3. The van der Waals surface area contributed by atoms with Gasteiger partial charge >= 0.3 is 6.03 Å². The molecule has 3 aromatic heterocycles. The minimum Gasteiger partial charge on any atom is -0.306 e. The zero-order chi connectivity index (χ0) is 22.7. The van der Waals surface area contributed by atoms with Crippen LogP contribution in [0.1, 0.15) is 57.0 Å². The van der Waals surface area contributed by atoms with Crippen LogP contribution in [0.4, 0.5) is 16.3 Å². The van der Waals surface area contributed by atoms with E-state index in [1.54, 1.807) is 10.7 Å². The van der Waals surface area contributed by atoms with Crippen LogP contribution in [0.15, 0.2) is 18.2 Å². The first-order valence-electron chi connectivity index (χ1n) is 10.5. The molecule has 0 spiro atoms. The molecule has 0 saturated heterocycles. The molecule has 166 valence electrons. The molecule has 3 aromatic rings. The van der Waals surface area contributed by atoms with Crippen LogP contribution in [-0.2, 0) is 13.5 Å².